The van der Waals surface area contributed by atoms with E-state index in [-0.39, 0.29) is 12.0 Å². The Morgan fingerprint density at radius 2 is 2.21 bits per heavy atom. The zero-order valence-corrected chi connectivity index (χ0v) is 12.1. The van der Waals surface area contributed by atoms with E-state index in [1.165, 1.54) is 5.69 Å². The molecule has 3 rings (SSSR count). The van der Waals surface area contributed by atoms with Crippen molar-refractivity contribution in [1.82, 2.24) is 4.57 Å². The summed E-state index contributed by atoms with van der Waals surface area (Å²) < 4.78 is 25.3. The maximum Gasteiger partial charge on any atom is 0.150 e. The lowest BCUT2D eigenvalue weighted by atomic mass is 9.95. The third-order valence-corrected chi connectivity index (χ3v) is 6.30. The number of aliphatic hydroxyl groups is 1. The van der Waals surface area contributed by atoms with Crippen LogP contribution in [0.5, 0.6) is 0 Å². The standard InChI is InChI=1S/C14H21NO3S/c1-10-7-12-13(3-2-4-14(12)16)15(10)8-11-5-6-19(17,18)9-11/h7,11,14,16H,2-6,8-9H2,1H3. The van der Waals surface area contributed by atoms with Gasteiger partial charge in [-0.25, -0.2) is 8.42 Å². The molecule has 2 aliphatic rings. The largest absolute Gasteiger partial charge is 0.388 e. The van der Waals surface area contributed by atoms with E-state index in [4.69, 9.17) is 0 Å². The topological polar surface area (TPSA) is 59.3 Å². The van der Waals surface area contributed by atoms with Crippen molar-refractivity contribution < 1.29 is 13.5 Å². The number of hydrogen-bond donors (Lipinski definition) is 1. The van der Waals surface area contributed by atoms with E-state index in [9.17, 15) is 13.5 Å². The van der Waals surface area contributed by atoms with Crippen LogP contribution < -0.4 is 0 Å². The van der Waals surface area contributed by atoms with Gasteiger partial charge < -0.3 is 9.67 Å². The predicted molar refractivity (Wildman–Crippen MR) is 73.8 cm³/mol. The second-order valence-electron chi connectivity index (χ2n) is 5.98. The lowest BCUT2D eigenvalue weighted by Crippen LogP contribution is -2.18. The normalized spacial score (nSPS) is 29.4. The summed E-state index contributed by atoms with van der Waals surface area (Å²) in [7, 11) is -2.81. The van der Waals surface area contributed by atoms with Gasteiger partial charge in [0.2, 0.25) is 0 Å². The molecular formula is C14H21NO3S. The maximum absolute atomic E-state index is 11.5. The Bertz CT molecular complexity index is 588. The summed E-state index contributed by atoms with van der Waals surface area (Å²) in [5.41, 5.74) is 3.43. The van der Waals surface area contributed by atoms with Crippen molar-refractivity contribution in [3.05, 3.63) is 23.0 Å². The van der Waals surface area contributed by atoms with Gasteiger partial charge >= 0.3 is 0 Å². The van der Waals surface area contributed by atoms with Crippen molar-refractivity contribution in [3.8, 4) is 0 Å². The fraction of sp³-hybridized carbons (Fsp3) is 0.714. The number of hydrogen-bond acceptors (Lipinski definition) is 3. The quantitative estimate of drug-likeness (QED) is 0.897. The molecule has 1 fully saturated rings. The van der Waals surface area contributed by atoms with Crippen LogP contribution in [-0.2, 0) is 22.8 Å². The third kappa shape index (κ3) is 2.46. The number of fused-ring (bicyclic) bond motifs is 1. The molecule has 1 aromatic heterocycles. The minimum absolute atomic E-state index is 0.235. The number of aromatic nitrogens is 1. The predicted octanol–water partition coefficient (Wildman–Crippen LogP) is 1.60. The Hall–Kier alpha value is -0.810. The first kappa shape index (κ1) is 13.2. The van der Waals surface area contributed by atoms with E-state index >= 15 is 0 Å². The molecule has 1 N–H and O–H groups in total. The van der Waals surface area contributed by atoms with Crippen LogP contribution >= 0.6 is 0 Å². The van der Waals surface area contributed by atoms with Crippen molar-refractivity contribution >= 4 is 9.84 Å². The molecule has 1 aliphatic heterocycles. The summed E-state index contributed by atoms with van der Waals surface area (Å²) in [6.45, 7) is 2.83. The number of aryl methyl sites for hydroxylation is 1. The average Bonchev–Trinajstić information content (AvgIpc) is 2.83. The molecule has 0 aromatic carbocycles. The fourth-order valence-corrected chi connectivity index (χ4v) is 5.32. The molecule has 1 saturated heterocycles. The Kier molecular flexibility index (Phi) is 3.21. The summed E-state index contributed by atoms with van der Waals surface area (Å²) in [4.78, 5) is 0. The van der Waals surface area contributed by atoms with Gasteiger partial charge in [0.05, 0.1) is 17.6 Å². The van der Waals surface area contributed by atoms with Crippen molar-refractivity contribution in [2.75, 3.05) is 11.5 Å². The number of nitrogens with zero attached hydrogens (tertiary/aromatic N) is 1. The van der Waals surface area contributed by atoms with Crippen LogP contribution in [0.3, 0.4) is 0 Å². The molecule has 1 aliphatic carbocycles. The highest BCUT2D eigenvalue weighted by Crippen LogP contribution is 2.33. The smallest absolute Gasteiger partial charge is 0.150 e. The Morgan fingerprint density at radius 1 is 1.42 bits per heavy atom. The number of sulfone groups is 1. The molecule has 19 heavy (non-hydrogen) atoms. The zero-order valence-electron chi connectivity index (χ0n) is 11.3. The van der Waals surface area contributed by atoms with Gasteiger partial charge in [0.1, 0.15) is 0 Å². The first-order valence-corrected chi connectivity index (χ1v) is 8.86. The molecule has 5 heteroatoms. The Balaban J connectivity index is 1.86. The van der Waals surface area contributed by atoms with Crippen LogP contribution in [0.1, 0.15) is 42.3 Å². The van der Waals surface area contributed by atoms with E-state index < -0.39 is 9.84 Å². The molecule has 0 bridgehead atoms. The van der Waals surface area contributed by atoms with Crippen LogP contribution in [0.4, 0.5) is 0 Å². The van der Waals surface area contributed by atoms with Crippen LogP contribution in [-0.4, -0.2) is 29.6 Å². The number of aliphatic hydroxyl groups excluding tert-OH is 1. The molecule has 2 heterocycles. The molecule has 2 unspecified atom stereocenters. The van der Waals surface area contributed by atoms with Crippen molar-refractivity contribution in [2.45, 2.75) is 45.3 Å². The van der Waals surface area contributed by atoms with Gasteiger partial charge in [-0.15, -0.1) is 0 Å². The molecule has 0 spiro atoms. The van der Waals surface area contributed by atoms with Gasteiger partial charge in [-0.3, -0.25) is 0 Å². The molecule has 106 valence electrons. The summed E-state index contributed by atoms with van der Waals surface area (Å²) >= 11 is 0. The highest BCUT2D eigenvalue weighted by Gasteiger charge is 2.30. The summed E-state index contributed by atoms with van der Waals surface area (Å²) in [5, 5.41) is 10.0. The molecule has 1 aromatic rings. The highest BCUT2D eigenvalue weighted by atomic mass is 32.2. The zero-order chi connectivity index (χ0) is 13.6. The van der Waals surface area contributed by atoms with E-state index in [2.05, 4.69) is 17.6 Å². The second-order valence-corrected chi connectivity index (χ2v) is 8.20. The monoisotopic (exact) mass is 283 g/mol. The van der Waals surface area contributed by atoms with E-state index in [0.717, 1.165) is 43.5 Å². The first-order chi connectivity index (χ1) is 8.96. The fourth-order valence-electron chi connectivity index (χ4n) is 3.47. The van der Waals surface area contributed by atoms with E-state index in [1.54, 1.807) is 0 Å². The SMILES string of the molecule is Cc1cc2c(n1CC1CCS(=O)(=O)C1)CCCC2O. The van der Waals surface area contributed by atoms with Gasteiger partial charge in [0.15, 0.2) is 9.84 Å². The van der Waals surface area contributed by atoms with Gasteiger partial charge in [-0.2, -0.15) is 0 Å². The lowest BCUT2D eigenvalue weighted by molar-refractivity contribution is 0.155. The summed E-state index contributed by atoms with van der Waals surface area (Å²) in [5.74, 6) is 0.893. The van der Waals surface area contributed by atoms with Gasteiger partial charge in [-0.1, -0.05) is 0 Å². The second kappa shape index (κ2) is 4.63. The molecule has 0 amide bonds. The molecule has 0 saturated carbocycles. The van der Waals surface area contributed by atoms with Crippen LogP contribution in [0, 0.1) is 12.8 Å². The van der Waals surface area contributed by atoms with E-state index in [1.807, 2.05) is 0 Å². The average molecular weight is 283 g/mol. The van der Waals surface area contributed by atoms with Gasteiger partial charge in [0, 0.05) is 23.5 Å². The highest BCUT2D eigenvalue weighted by molar-refractivity contribution is 7.91. The molecule has 2 atom stereocenters. The lowest BCUT2D eigenvalue weighted by Gasteiger charge is -2.21. The minimum atomic E-state index is -2.81. The molecular weight excluding hydrogens is 262 g/mol. The van der Waals surface area contributed by atoms with Crippen LogP contribution in [0.15, 0.2) is 6.07 Å². The Labute approximate surface area is 114 Å². The summed E-state index contributed by atoms with van der Waals surface area (Å²) in [6, 6.07) is 2.07. The van der Waals surface area contributed by atoms with Crippen LogP contribution in [0.25, 0.3) is 0 Å². The van der Waals surface area contributed by atoms with Crippen LogP contribution in [0.2, 0.25) is 0 Å². The number of rotatable bonds is 2. The maximum atomic E-state index is 11.5. The van der Waals surface area contributed by atoms with Crippen molar-refractivity contribution in [2.24, 2.45) is 5.92 Å². The van der Waals surface area contributed by atoms with Crippen molar-refractivity contribution in [3.63, 3.8) is 0 Å². The minimum Gasteiger partial charge on any atom is -0.388 e. The van der Waals surface area contributed by atoms with Gasteiger partial charge in [-0.05, 0) is 44.6 Å². The molecule has 0 radical (unpaired) electrons. The van der Waals surface area contributed by atoms with Crippen molar-refractivity contribution in [1.29, 1.82) is 0 Å². The third-order valence-electron chi connectivity index (χ3n) is 4.47. The first-order valence-electron chi connectivity index (χ1n) is 7.03. The van der Waals surface area contributed by atoms with E-state index in [0.29, 0.717) is 11.5 Å². The van der Waals surface area contributed by atoms with Gasteiger partial charge in [0.25, 0.3) is 0 Å². The Morgan fingerprint density at radius 3 is 2.89 bits per heavy atom. The molecule has 4 nitrogen and oxygen atoms in total. The summed E-state index contributed by atoms with van der Waals surface area (Å²) in [6.07, 6.45) is 3.29.